The van der Waals surface area contributed by atoms with E-state index in [1.54, 1.807) is 6.92 Å². The van der Waals surface area contributed by atoms with Crippen molar-refractivity contribution in [3.63, 3.8) is 0 Å². The van der Waals surface area contributed by atoms with E-state index in [4.69, 9.17) is 11.6 Å². The van der Waals surface area contributed by atoms with Gasteiger partial charge in [0.25, 0.3) is 12.3 Å². The molecule has 1 saturated carbocycles. The molecule has 0 aromatic carbocycles. The fourth-order valence-electron chi connectivity index (χ4n) is 4.23. The second kappa shape index (κ2) is 10.8. The predicted octanol–water partition coefficient (Wildman–Crippen LogP) is 5.83. The number of nitrogens with zero attached hydrogens (tertiary/aromatic N) is 3. The first-order valence-electron chi connectivity index (χ1n) is 12.2. The summed E-state index contributed by atoms with van der Waals surface area (Å²) in [5.41, 5.74) is -1.25. The maximum atomic E-state index is 14.1. The molecule has 194 valence electrons. The fourth-order valence-corrected chi connectivity index (χ4v) is 4.55. The topological polar surface area (TPSA) is 92.1 Å². The molecule has 3 N–H and O–H groups in total. The van der Waals surface area contributed by atoms with Crippen LogP contribution in [0.5, 0.6) is 0 Å². The minimum Gasteiger partial charge on any atom is -0.388 e. The number of halogens is 3. The normalized spacial score (nSPS) is 20.8. The number of aryl methyl sites for hydroxylation is 1. The zero-order valence-electron chi connectivity index (χ0n) is 21.1. The number of carbonyl (C=O) groups excluding carboxylic acids is 1. The van der Waals surface area contributed by atoms with Crippen LogP contribution in [0, 0.1) is 5.92 Å². The van der Waals surface area contributed by atoms with Gasteiger partial charge in [0.2, 0.25) is 0 Å². The van der Waals surface area contributed by atoms with E-state index in [2.05, 4.69) is 27.6 Å². The van der Waals surface area contributed by atoms with Gasteiger partial charge in [-0.25, -0.2) is 13.8 Å². The highest BCUT2D eigenvalue weighted by atomic mass is 35.5. The molecule has 3 rings (SSSR count). The lowest BCUT2D eigenvalue weighted by atomic mass is 9.79. The Morgan fingerprint density at radius 1 is 1.34 bits per heavy atom. The number of rotatable bonds is 9. The van der Waals surface area contributed by atoms with Crippen LogP contribution in [-0.2, 0) is 6.54 Å². The molecule has 1 aliphatic rings. The molecule has 0 spiro atoms. The summed E-state index contributed by atoms with van der Waals surface area (Å²) in [5, 5.41) is 21.0. The first-order valence-corrected chi connectivity index (χ1v) is 12.6. The van der Waals surface area contributed by atoms with Crippen LogP contribution in [-0.4, -0.2) is 43.5 Å². The first kappa shape index (κ1) is 27.3. The van der Waals surface area contributed by atoms with Crippen LogP contribution in [0.4, 0.5) is 14.6 Å². The highest BCUT2D eigenvalue weighted by molar-refractivity contribution is 6.36. The molecule has 2 heterocycles. The molecular weight excluding hydrogens is 476 g/mol. The first-order chi connectivity index (χ1) is 16.4. The summed E-state index contributed by atoms with van der Waals surface area (Å²) in [6, 6.07) is 1.32. The lowest BCUT2D eigenvalue weighted by molar-refractivity contribution is -0.00544. The van der Waals surface area contributed by atoms with Crippen molar-refractivity contribution in [1.29, 1.82) is 0 Å². The van der Waals surface area contributed by atoms with Gasteiger partial charge in [0, 0.05) is 36.0 Å². The quantitative estimate of drug-likeness (QED) is 0.394. The van der Waals surface area contributed by atoms with Crippen LogP contribution in [0.3, 0.4) is 0 Å². The molecule has 1 aliphatic carbocycles. The molecule has 1 fully saturated rings. The third-order valence-corrected chi connectivity index (χ3v) is 7.33. The standard InChI is InChI=1S/C25H36ClF2N5O2/c1-6-24(4,5)31-18-12-16(22(27)28)17(13-29-18)21-19(26)20(32-33(21)7-2)23(34)30-14-25(35)10-8-15(3)9-11-25/h12-13,15,22,35H,6-11,14H2,1-5H3,(H,29,31)(H,30,34). The van der Waals surface area contributed by atoms with E-state index in [1.807, 2.05) is 20.8 Å². The van der Waals surface area contributed by atoms with Crippen molar-refractivity contribution in [2.75, 3.05) is 11.9 Å². The van der Waals surface area contributed by atoms with Crippen molar-refractivity contribution in [3.8, 4) is 11.3 Å². The van der Waals surface area contributed by atoms with Crippen LogP contribution >= 0.6 is 11.6 Å². The Bertz CT molecular complexity index is 1050. The van der Waals surface area contributed by atoms with E-state index >= 15 is 0 Å². The fraction of sp³-hybridized carbons (Fsp3) is 0.640. The lowest BCUT2D eigenvalue weighted by Gasteiger charge is -2.34. The number of hydrogen-bond acceptors (Lipinski definition) is 5. The maximum Gasteiger partial charge on any atom is 0.273 e. The summed E-state index contributed by atoms with van der Waals surface area (Å²) in [5.74, 6) is 0.336. The van der Waals surface area contributed by atoms with Gasteiger partial charge >= 0.3 is 0 Å². The minimum absolute atomic E-state index is 0.0214. The van der Waals surface area contributed by atoms with Gasteiger partial charge < -0.3 is 15.7 Å². The Morgan fingerprint density at radius 3 is 2.57 bits per heavy atom. The SMILES string of the molecule is CCn1nc(C(=O)NCC2(O)CCC(C)CC2)c(Cl)c1-c1cnc(NC(C)(C)CC)cc1C(F)F. The van der Waals surface area contributed by atoms with Gasteiger partial charge in [0.05, 0.1) is 16.3 Å². The van der Waals surface area contributed by atoms with Crippen LogP contribution in [0.2, 0.25) is 5.02 Å². The molecule has 2 aromatic rings. The van der Waals surface area contributed by atoms with Gasteiger partial charge in [-0.05, 0) is 64.9 Å². The van der Waals surface area contributed by atoms with E-state index in [-0.39, 0.29) is 39.6 Å². The maximum absolute atomic E-state index is 14.1. The van der Waals surface area contributed by atoms with Gasteiger partial charge in [-0.15, -0.1) is 0 Å². The number of carbonyl (C=O) groups is 1. The van der Waals surface area contributed by atoms with Crippen molar-refractivity contribution in [3.05, 3.63) is 28.5 Å². The van der Waals surface area contributed by atoms with E-state index in [0.29, 0.717) is 31.1 Å². The van der Waals surface area contributed by atoms with E-state index < -0.39 is 17.9 Å². The van der Waals surface area contributed by atoms with Gasteiger partial charge in [-0.3, -0.25) is 9.48 Å². The number of amides is 1. The molecule has 0 bridgehead atoms. The molecule has 1 amide bonds. The molecule has 0 radical (unpaired) electrons. The number of aliphatic hydroxyl groups is 1. The molecule has 10 heteroatoms. The predicted molar refractivity (Wildman–Crippen MR) is 134 cm³/mol. The zero-order valence-corrected chi connectivity index (χ0v) is 21.8. The van der Waals surface area contributed by atoms with Crippen molar-refractivity contribution < 1.29 is 18.7 Å². The molecule has 2 aromatic heterocycles. The second-order valence-corrected chi connectivity index (χ2v) is 10.6. The van der Waals surface area contributed by atoms with Gasteiger partial charge in [-0.2, -0.15) is 5.10 Å². The third kappa shape index (κ3) is 6.30. The zero-order chi connectivity index (χ0) is 26.0. The average molecular weight is 512 g/mol. The number of nitrogens with one attached hydrogen (secondary N) is 2. The van der Waals surface area contributed by atoms with Crippen LogP contribution in [0.1, 0.15) is 89.2 Å². The Hall–Kier alpha value is -2.26. The van der Waals surface area contributed by atoms with E-state index in [0.717, 1.165) is 19.3 Å². The minimum atomic E-state index is -2.78. The Morgan fingerprint density at radius 2 is 2.00 bits per heavy atom. The second-order valence-electron chi connectivity index (χ2n) is 10.2. The lowest BCUT2D eigenvalue weighted by Crippen LogP contribution is -2.45. The van der Waals surface area contributed by atoms with E-state index in [9.17, 15) is 18.7 Å². The summed E-state index contributed by atoms with van der Waals surface area (Å²) < 4.78 is 29.6. The number of aromatic nitrogens is 3. The van der Waals surface area contributed by atoms with Crippen LogP contribution in [0.25, 0.3) is 11.3 Å². The van der Waals surface area contributed by atoms with Crippen LogP contribution in [0.15, 0.2) is 12.3 Å². The highest BCUT2D eigenvalue weighted by Crippen LogP contribution is 2.38. The van der Waals surface area contributed by atoms with Crippen molar-refractivity contribution in [2.24, 2.45) is 5.92 Å². The molecule has 7 nitrogen and oxygen atoms in total. The largest absolute Gasteiger partial charge is 0.388 e. The number of pyridine rings is 1. The van der Waals surface area contributed by atoms with E-state index in [1.165, 1.54) is 16.9 Å². The van der Waals surface area contributed by atoms with Crippen molar-refractivity contribution in [1.82, 2.24) is 20.1 Å². The molecule has 0 unspecified atom stereocenters. The van der Waals surface area contributed by atoms with Crippen molar-refractivity contribution >= 4 is 23.3 Å². The number of anilines is 1. The monoisotopic (exact) mass is 511 g/mol. The Labute approximate surface area is 210 Å². The summed E-state index contributed by atoms with van der Waals surface area (Å²) in [6.07, 6.45) is 2.34. The third-order valence-electron chi connectivity index (χ3n) is 6.97. The van der Waals surface area contributed by atoms with Gasteiger partial charge in [0.15, 0.2) is 5.69 Å². The molecule has 0 atom stereocenters. The Kier molecular flexibility index (Phi) is 8.42. The van der Waals surface area contributed by atoms with Crippen molar-refractivity contribution in [2.45, 2.75) is 90.8 Å². The molecule has 0 saturated heterocycles. The number of hydrogen-bond donors (Lipinski definition) is 3. The average Bonchev–Trinajstić information content (AvgIpc) is 3.15. The van der Waals surface area contributed by atoms with Gasteiger partial charge in [0.1, 0.15) is 5.82 Å². The summed E-state index contributed by atoms with van der Waals surface area (Å²) in [6.45, 7) is 10.2. The summed E-state index contributed by atoms with van der Waals surface area (Å²) in [4.78, 5) is 17.3. The summed E-state index contributed by atoms with van der Waals surface area (Å²) >= 11 is 6.56. The Balaban J connectivity index is 1.90. The molecular formula is C25H36ClF2N5O2. The smallest absolute Gasteiger partial charge is 0.273 e. The molecule has 0 aliphatic heterocycles. The van der Waals surface area contributed by atoms with Crippen LogP contribution < -0.4 is 10.6 Å². The van der Waals surface area contributed by atoms with Gasteiger partial charge in [-0.1, -0.05) is 25.4 Å². The highest BCUT2D eigenvalue weighted by Gasteiger charge is 2.33. The summed E-state index contributed by atoms with van der Waals surface area (Å²) in [7, 11) is 0. The number of alkyl halides is 2. The molecule has 35 heavy (non-hydrogen) atoms.